The average molecular weight is 264 g/mol. The van der Waals surface area contributed by atoms with Gasteiger partial charge in [-0.15, -0.1) is 0 Å². The Morgan fingerprint density at radius 3 is 2.68 bits per heavy atom. The molecule has 0 aromatic carbocycles. The molecule has 1 aromatic rings. The smallest absolute Gasteiger partial charge is 0.242 e. The molecule has 0 bridgehead atoms. The van der Waals surface area contributed by atoms with Gasteiger partial charge in [0, 0.05) is 31.5 Å². The summed E-state index contributed by atoms with van der Waals surface area (Å²) >= 11 is 0. The summed E-state index contributed by atoms with van der Waals surface area (Å²) in [5.41, 5.74) is 5.41. The molecule has 5 heteroatoms. The molecule has 2 heterocycles. The van der Waals surface area contributed by atoms with Crippen LogP contribution < -0.4 is 5.73 Å². The van der Waals surface area contributed by atoms with Gasteiger partial charge in [0.05, 0.1) is 11.9 Å². The van der Waals surface area contributed by atoms with Crippen LogP contribution in [0.1, 0.15) is 45.6 Å². The number of amides is 1. The Morgan fingerprint density at radius 2 is 2.16 bits per heavy atom. The van der Waals surface area contributed by atoms with Crippen LogP contribution >= 0.6 is 0 Å². The van der Waals surface area contributed by atoms with Crippen molar-refractivity contribution >= 4 is 5.91 Å². The van der Waals surface area contributed by atoms with Crippen molar-refractivity contribution in [3.8, 4) is 0 Å². The molecule has 19 heavy (non-hydrogen) atoms. The van der Waals surface area contributed by atoms with E-state index in [1.807, 2.05) is 24.3 Å². The minimum absolute atomic E-state index is 0.0958. The van der Waals surface area contributed by atoms with Crippen molar-refractivity contribution in [3.63, 3.8) is 0 Å². The van der Waals surface area contributed by atoms with E-state index in [2.05, 4.69) is 16.5 Å². The molecule has 1 atom stereocenters. The zero-order chi connectivity index (χ0) is 13.9. The summed E-state index contributed by atoms with van der Waals surface area (Å²) in [4.78, 5) is 18.4. The molecule has 2 N–H and O–H groups in total. The molecule has 106 valence electrons. The first-order valence-corrected chi connectivity index (χ1v) is 7.10. The fourth-order valence-corrected chi connectivity index (χ4v) is 2.84. The number of nitrogens with two attached hydrogens (primary N) is 1. The van der Waals surface area contributed by atoms with Crippen LogP contribution in [0.25, 0.3) is 0 Å². The minimum Gasteiger partial charge on any atom is -0.341 e. The lowest BCUT2D eigenvalue weighted by Gasteiger charge is -2.37. The first-order chi connectivity index (χ1) is 9.04. The molecule has 0 radical (unpaired) electrons. The van der Waals surface area contributed by atoms with E-state index < -0.39 is 5.54 Å². The highest BCUT2D eigenvalue weighted by Crippen LogP contribution is 2.24. The van der Waals surface area contributed by atoms with Gasteiger partial charge in [-0.2, -0.15) is 0 Å². The number of piperidine rings is 1. The predicted octanol–water partition coefficient (Wildman–Crippen LogP) is 1.56. The monoisotopic (exact) mass is 264 g/mol. The number of aromatic nitrogens is 2. The van der Waals surface area contributed by atoms with Crippen molar-refractivity contribution in [1.29, 1.82) is 0 Å². The second-order valence-corrected chi connectivity index (χ2v) is 5.70. The SMILES string of the molecule is CCCC(C)(N)C(=O)N1CCC(n2ccnc2)CC1. The van der Waals surface area contributed by atoms with E-state index in [9.17, 15) is 4.79 Å². The fraction of sp³-hybridized carbons (Fsp3) is 0.714. The lowest BCUT2D eigenvalue weighted by atomic mass is 9.94. The molecule has 5 nitrogen and oxygen atoms in total. The summed E-state index contributed by atoms with van der Waals surface area (Å²) in [5.74, 6) is 0.0958. The van der Waals surface area contributed by atoms with E-state index >= 15 is 0 Å². The van der Waals surface area contributed by atoms with Gasteiger partial charge in [0.1, 0.15) is 0 Å². The van der Waals surface area contributed by atoms with Crippen molar-refractivity contribution < 1.29 is 4.79 Å². The van der Waals surface area contributed by atoms with Crippen LogP contribution in [-0.2, 0) is 4.79 Å². The quantitative estimate of drug-likeness (QED) is 0.897. The molecular formula is C14H24N4O. The lowest BCUT2D eigenvalue weighted by Crippen LogP contribution is -2.55. The first-order valence-electron chi connectivity index (χ1n) is 7.10. The van der Waals surface area contributed by atoms with Crippen molar-refractivity contribution in [1.82, 2.24) is 14.5 Å². The highest BCUT2D eigenvalue weighted by atomic mass is 16.2. The number of hydrogen-bond acceptors (Lipinski definition) is 3. The molecule has 1 saturated heterocycles. The van der Waals surface area contributed by atoms with Gasteiger partial charge in [0.25, 0.3) is 0 Å². The van der Waals surface area contributed by atoms with Crippen LogP contribution in [0.2, 0.25) is 0 Å². The molecule has 0 saturated carbocycles. The highest BCUT2D eigenvalue weighted by molar-refractivity contribution is 5.85. The van der Waals surface area contributed by atoms with Crippen LogP contribution in [0.5, 0.6) is 0 Å². The van der Waals surface area contributed by atoms with Crippen molar-refractivity contribution in [3.05, 3.63) is 18.7 Å². The second-order valence-electron chi connectivity index (χ2n) is 5.70. The topological polar surface area (TPSA) is 64.2 Å². The van der Waals surface area contributed by atoms with Gasteiger partial charge in [-0.3, -0.25) is 4.79 Å². The Balaban J connectivity index is 1.91. The summed E-state index contributed by atoms with van der Waals surface area (Å²) in [5, 5.41) is 0. The summed E-state index contributed by atoms with van der Waals surface area (Å²) in [7, 11) is 0. The van der Waals surface area contributed by atoms with E-state index in [4.69, 9.17) is 5.73 Å². The van der Waals surface area contributed by atoms with Gasteiger partial charge >= 0.3 is 0 Å². The summed E-state index contributed by atoms with van der Waals surface area (Å²) in [6, 6.07) is 0.460. The number of nitrogens with zero attached hydrogens (tertiary/aromatic N) is 3. The molecule has 0 spiro atoms. The third kappa shape index (κ3) is 3.15. The summed E-state index contributed by atoms with van der Waals surface area (Å²) < 4.78 is 2.13. The maximum absolute atomic E-state index is 12.4. The Kier molecular flexibility index (Phi) is 4.24. The molecule has 1 unspecified atom stereocenters. The third-order valence-corrected chi connectivity index (χ3v) is 3.96. The van der Waals surface area contributed by atoms with Crippen LogP contribution in [-0.4, -0.2) is 39.0 Å². The van der Waals surface area contributed by atoms with Crippen LogP contribution in [0.3, 0.4) is 0 Å². The Hall–Kier alpha value is -1.36. The van der Waals surface area contributed by atoms with Crippen LogP contribution in [0.4, 0.5) is 0 Å². The van der Waals surface area contributed by atoms with Crippen LogP contribution in [0.15, 0.2) is 18.7 Å². The second kappa shape index (κ2) is 5.74. The largest absolute Gasteiger partial charge is 0.341 e. The number of hydrogen-bond donors (Lipinski definition) is 1. The highest BCUT2D eigenvalue weighted by Gasteiger charge is 2.33. The third-order valence-electron chi connectivity index (χ3n) is 3.96. The molecule has 1 amide bonds. The summed E-state index contributed by atoms with van der Waals surface area (Å²) in [6.07, 6.45) is 9.28. The average Bonchev–Trinajstić information content (AvgIpc) is 2.92. The number of carbonyl (C=O) groups is 1. The standard InChI is InChI=1S/C14H24N4O/c1-3-6-14(2,15)13(19)17-8-4-12(5-9-17)18-10-7-16-11-18/h7,10-12H,3-6,8-9,15H2,1-2H3. The van der Waals surface area contributed by atoms with Gasteiger partial charge in [0.15, 0.2) is 0 Å². The molecule has 2 rings (SSSR count). The zero-order valence-corrected chi connectivity index (χ0v) is 11.9. The fourth-order valence-electron chi connectivity index (χ4n) is 2.84. The predicted molar refractivity (Wildman–Crippen MR) is 74.6 cm³/mol. The zero-order valence-electron chi connectivity index (χ0n) is 11.9. The summed E-state index contributed by atoms with van der Waals surface area (Å²) in [6.45, 7) is 5.49. The van der Waals surface area contributed by atoms with Gasteiger partial charge in [-0.25, -0.2) is 4.98 Å². The Morgan fingerprint density at radius 1 is 1.47 bits per heavy atom. The van der Waals surface area contributed by atoms with Crippen molar-refractivity contribution in [2.75, 3.05) is 13.1 Å². The van der Waals surface area contributed by atoms with Crippen molar-refractivity contribution in [2.45, 2.75) is 51.1 Å². The number of likely N-dealkylation sites (tertiary alicyclic amines) is 1. The molecule has 1 aliphatic heterocycles. The van der Waals surface area contributed by atoms with E-state index in [0.29, 0.717) is 6.04 Å². The number of rotatable bonds is 4. The Bertz CT molecular complexity index is 405. The van der Waals surface area contributed by atoms with Gasteiger partial charge in [-0.05, 0) is 26.2 Å². The van der Waals surface area contributed by atoms with Crippen molar-refractivity contribution in [2.24, 2.45) is 5.73 Å². The van der Waals surface area contributed by atoms with E-state index in [1.165, 1.54) is 0 Å². The lowest BCUT2D eigenvalue weighted by molar-refractivity contribution is -0.138. The van der Waals surface area contributed by atoms with Gasteiger partial charge in [0.2, 0.25) is 5.91 Å². The van der Waals surface area contributed by atoms with E-state index in [0.717, 1.165) is 38.8 Å². The molecule has 1 aromatic heterocycles. The number of imidazole rings is 1. The van der Waals surface area contributed by atoms with E-state index in [1.54, 1.807) is 6.20 Å². The molecule has 1 aliphatic rings. The van der Waals surface area contributed by atoms with E-state index in [-0.39, 0.29) is 5.91 Å². The van der Waals surface area contributed by atoms with Gasteiger partial charge in [-0.1, -0.05) is 13.3 Å². The maximum atomic E-state index is 12.4. The Labute approximate surface area is 114 Å². The minimum atomic E-state index is -0.712. The van der Waals surface area contributed by atoms with Gasteiger partial charge < -0.3 is 15.2 Å². The normalized spacial score (nSPS) is 20.3. The maximum Gasteiger partial charge on any atom is 0.242 e. The van der Waals surface area contributed by atoms with Crippen LogP contribution in [0, 0.1) is 0 Å². The first kappa shape index (κ1) is 14.1. The molecule has 1 fully saturated rings. The molecule has 0 aliphatic carbocycles. The number of carbonyl (C=O) groups excluding carboxylic acids is 1. The molecular weight excluding hydrogens is 240 g/mol.